The van der Waals surface area contributed by atoms with Crippen molar-refractivity contribution in [3.63, 3.8) is 0 Å². The van der Waals surface area contributed by atoms with Gasteiger partial charge in [0, 0.05) is 25.5 Å². The first kappa shape index (κ1) is 11.6. The van der Waals surface area contributed by atoms with Gasteiger partial charge in [-0.3, -0.25) is 9.36 Å². The van der Waals surface area contributed by atoms with Crippen LogP contribution in [0.1, 0.15) is 5.56 Å². The van der Waals surface area contributed by atoms with Crippen LogP contribution in [0.5, 0.6) is 0 Å². The molecule has 0 N–H and O–H groups in total. The molecule has 17 heavy (non-hydrogen) atoms. The minimum atomic E-state index is -0.354. The number of nitrogens with zero attached hydrogens (tertiary/aromatic N) is 3. The highest BCUT2D eigenvalue weighted by Gasteiger charge is 2.04. The van der Waals surface area contributed by atoms with Gasteiger partial charge in [0.15, 0.2) is 0 Å². The van der Waals surface area contributed by atoms with E-state index in [4.69, 9.17) is 11.6 Å². The van der Waals surface area contributed by atoms with Gasteiger partial charge in [0.05, 0.1) is 6.54 Å². The summed E-state index contributed by atoms with van der Waals surface area (Å²) in [6.45, 7) is 0.191. The van der Waals surface area contributed by atoms with E-state index in [0.29, 0.717) is 5.15 Å². The summed E-state index contributed by atoms with van der Waals surface area (Å²) in [4.78, 5) is 27.2. The zero-order chi connectivity index (χ0) is 12.4. The summed E-state index contributed by atoms with van der Waals surface area (Å²) < 4.78 is 2.50. The van der Waals surface area contributed by atoms with E-state index in [1.165, 1.54) is 16.8 Å². The van der Waals surface area contributed by atoms with Gasteiger partial charge in [0.1, 0.15) is 5.15 Å². The average Bonchev–Trinajstić information content (AvgIpc) is 2.32. The Morgan fingerprint density at radius 1 is 1.29 bits per heavy atom. The van der Waals surface area contributed by atoms with E-state index in [9.17, 15) is 9.59 Å². The molecule has 0 saturated heterocycles. The Hall–Kier alpha value is -1.88. The lowest BCUT2D eigenvalue weighted by atomic mass is 10.3. The van der Waals surface area contributed by atoms with Crippen molar-refractivity contribution in [3.05, 3.63) is 62.1 Å². The normalized spacial score (nSPS) is 10.5. The van der Waals surface area contributed by atoms with Crippen molar-refractivity contribution in [1.82, 2.24) is 14.1 Å². The summed E-state index contributed by atoms with van der Waals surface area (Å²) in [6, 6.07) is 4.70. The second kappa shape index (κ2) is 4.55. The fourth-order valence-electron chi connectivity index (χ4n) is 1.44. The lowest BCUT2D eigenvalue weighted by Crippen LogP contribution is -2.38. The maximum absolute atomic E-state index is 11.7. The number of pyridine rings is 1. The number of halogens is 1. The molecule has 0 aliphatic carbocycles. The number of aryl methyl sites for hydroxylation is 1. The molecule has 6 heteroatoms. The van der Waals surface area contributed by atoms with E-state index < -0.39 is 0 Å². The number of hydrogen-bond donors (Lipinski definition) is 0. The summed E-state index contributed by atoms with van der Waals surface area (Å²) in [6.07, 6.45) is 2.99. The maximum atomic E-state index is 11.7. The number of rotatable bonds is 2. The van der Waals surface area contributed by atoms with Gasteiger partial charge in [-0.2, -0.15) is 0 Å². The lowest BCUT2D eigenvalue weighted by Gasteiger charge is -2.06. The molecule has 0 amide bonds. The number of hydrogen-bond acceptors (Lipinski definition) is 3. The van der Waals surface area contributed by atoms with E-state index >= 15 is 0 Å². The molecule has 88 valence electrons. The van der Waals surface area contributed by atoms with Crippen molar-refractivity contribution in [2.24, 2.45) is 7.05 Å². The predicted octanol–water partition coefficient (Wildman–Crippen LogP) is 0.644. The molecule has 0 unspecified atom stereocenters. The Balaban J connectivity index is 2.43. The van der Waals surface area contributed by atoms with Crippen molar-refractivity contribution in [3.8, 4) is 0 Å². The first-order valence-corrected chi connectivity index (χ1v) is 5.32. The van der Waals surface area contributed by atoms with Crippen molar-refractivity contribution >= 4 is 11.6 Å². The van der Waals surface area contributed by atoms with Crippen LogP contribution in [-0.4, -0.2) is 14.1 Å². The van der Waals surface area contributed by atoms with Crippen LogP contribution in [0.25, 0.3) is 0 Å². The SMILES string of the molecule is Cn1ccc(=O)n(Cc2ccc(Cl)nc2)c1=O. The molecular formula is C11H10ClN3O2. The predicted molar refractivity (Wildman–Crippen MR) is 64.3 cm³/mol. The molecule has 2 rings (SSSR count). The second-order valence-electron chi connectivity index (χ2n) is 3.62. The summed E-state index contributed by atoms with van der Waals surface area (Å²) in [5.74, 6) is 0. The largest absolute Gasteiger partial charge is 0.331 e. The number of aromatic nitrogens is 3. The molecule has 0 spiro atoms. The van der Waals surface area contributed by atoms with Gasteiger partial charge in [-0.1, -0.05) is 17.7 Å². The van der Waals surface area contributed by atoms with Gasteiger partial charge >= 0.3 is 5.69 Å². The van der Waals surface area contributed by atoms with Crippen LogP contribution < -0.4 is 11.2 Å². The van der Waals surface area contributed by atoms with Gasteiger partial charge in [-0.25, -0.2) is 9.78 Å². The third kappa shape index (κ3) is 2.45. The van der Waals surface area contributed by atoms with E-state index in [1.807, 2.05) is 0 Å². The Morgan fingerprint density at radius 2 is 2.06 bits per heavy atom. The Bertz CT molecular complexity index is 643. The third-order valence-corrected chi connectivity index (χ3v) is 2.59. The zero-order valence-electron chi connectivity index (χ0n) is 9.13. The maximum Gasteiger partial charge on any atom is 0.331 e. The molecular weight excluding hydrogens is 242 g/mol. The Labute approximate surface area is 102 Å². The van der Waals surface area contributed by atoms with Crippen molar-refractivity contribution in [1.29, 1.82) is 0 Å². The van der Waals surface area contributed by atoms with Crippen molar-refractivity contribution in [2.75, 3.05) is 0 Å². The monoisotopic (exact) mass is 251 g/mol. The molecule has 2 aromatic heterocycles. The van der Waals surface area contributed by atoms with Crippen LogP contribution in [0.3, 0.4) is 0 Å². The van der Waals surface area contributed by atoms with Crippen LogP contribution in [0.2, 0.25) is 5.15 Å². The molecule has 0 saturated carbocycles. The minimum absolute atomic E-state index is 0.191. The van der Waals surface area contributed by atoms with Crippen LogP contribution in [0, 0.1) is 0 Å². The van der Waals surface area contributed by atoms with Gasteiger partial charge in [0.2, 0.25) is 0 Å². The van der Waals surface area contributed by atoms with Crippen LogP contribution in [0.15, 0.2) is 40.2 Å². The first-order chi connectivity index (χ1) is 8.08. The Kier molecular flexibility index (Phi) is 3.10. The highest BCUT2D eigenvalue weighted by molar-refractivity contribution is 6.29. The van der Waals surface area contributed by atoms with Crippen LogP contribution in [0.4, 0.5) is 0 Å². The van der Waals surface area contributed by atoms with Gasteiger partial charge in [-0.15, -0.1) is 0 Å². The molecule has 0 atom stereocenters. The molecule has 5 nitrogen and oxygen atoms in total. The van der Waals surface area contributed by atoms with E-state index in [-0.39, 0.29) is 17.8 Å². The van der Waals surface area contributed by atoms with E-state index in [0.717, 1.165) is 10.1 Å². The van der Waals surface area contributed by atoms with E-state index in [1.54, 1.807) is 25.4 Å². The zero-order valence-corrected chi connectivity index (χ0v) is 9.89. The van der Waals surface area contributed by atoms with E-state index in [2.05, 4.69) is 4.98 Å². The van der Waals surface area contributed by atoms with Crippen LogP contribution >= 0.6 is 11.6 Å². The third-order valence-electron chi connectivity index (χ3n) is 2.37. The second-order valence-corrected chi connectivity index (χ2v) is 4.01. The van der Waals surface area contributed by atoms with Gasteiger partial charge in [0.25, 0.3) is 5.56 Å². The summed E-state index contributed by atoms with van der Waals surface area (Å²) >= 11 is 5.66. The standard InChI is InChI=1S/C11H10ClN3O2/c1-14-5-4-10(16)15(11(14)17)7-8-2-3-9(12)13-6-8/h2-6H,7H2,1H3. The topological polar surface area (TPSA) is 56.9 Å². The summed E-state index contributed by atoms with van der Waals surface area (Å²) in [5.41, 5.74) is 0.0651. The van der Waals surface area contributed by atoms with Gasteiger partial charge in [-0.05, 0) is 11.6 Å². The van der Waals surface area contributed by atoms with Crippen molar-refractivity contribution in [2.45, 2.75) is 6.54 Å². The molecule has 0 bridgehead atoms. The summed E-state index contributed by atoms with van der Waals surface area (Å²) in [5, 5.41) is 0.377. The molecule has 2 aromatic rings. The fraction of sp³-hybridized carbons (Fsp3) is 0.182. The molecule has 0 aliphatic heterocycles. The molecule has 2 heterocycles. The minimum Gasteiger partial charge on any atom is -0.303 e. The fourth-order valence-corrected chi connectivity index (χ4v) is 1.55. The van der Waals surface area contributed by atoms with Crippen LogP contribution in [-0.2, 0) is 13.6 Å². The Morgan fingerprint density at radius 3 is 2.71 bits per heavy atom. The smallest absolute Gasteiger partial charge is 0.303 e. The molecule has 0 radical (unpaired) electrons. The molecule has 0 aromatic carbocycles. The molecule has 0 aliphatic rings. The summed E-state index contributed by atoms with van der Waals surface area (Å²) in [7, 11) is 1.60. The molecule has 0 fully saturated rings. The highest BCUT2D eigenvalue weighted by Crippen LogP contribution is 2.05. The van der Waals surface area contributed by atoms with Crippen molar-refractivity contribution < 1.29 is 0 Å². The average molecular weight is 252 g/mol. The first-order valence-electron chi connectivity index (χ1n) is 4.95. The van der Waals surface area contributed by atoms with Gasteiger partial charge < -0.3 is 4.57 Å². The highest BCUT2D eigenvalue weighted by atomic mass is 35.5. The quantitative estimate of drug-likeness (QED) is 0.736. The lowest BCUT2D eigenvalue weighted by molar-refractivity contribution is 0.638.